The fraction of sp³-hybridized carbons (Fsp3) is 0.111. The number of allylic oxidation sites excluding steroid dienone is 2. The fourth-order valence-corrected chi connectivity index (χ4v) is 4.75. The summed E-state index contributed by atoms with van der Waals surface area (Å²) in [6.07, 6.45) is 4.28. The van der Waals surface area contributed by atoms with E-state index in [1.165, 1.54) is 23.5 Å². The summed E-state index contributed by atoms with van der Waals surface area (Å²) in [4.78, 5) is 18.1. The summed E-state index contributed by atoms with van der Waals surface area (Å²) in [6.45, 7) is 0. The van der Waals surface area contributed by atoms with Crippen molar-refractivity contribution in [3.63, 3.8) is 0 Å². The Kier molecular flexibility index (Phi) is 7.36. The average molecular weight is 517 g/mol. The first-order valence-corrected chi connectivity index (χ1v) is 12.8. The minimum absolute atomic E-state index is 0.147. The minimum atomic E-state index is -3.37. The lowest BCUT2D eigenvalue weighted by molar-refractivity contribution is -0.111. The highest BCUT2D eigenvalue weighted by Gasteiger charge is 2.25. The van der Waals surface area contributed by atoms with Gasteiger partial charge in [0.15, 0.2) is 25.5 Å². The van der Waals surface area contributed by atoms with Gasteiger partial charge in [-0.2, -0.15) is 0 Å². The molecule has 6 nitrogen and oxygen atoms in total. The largest absolute Gasteiger partial charge is 0.468 e. The summed E-state index contributed by atoms with van der Waals surface area (Å²) in [6, 6.07) is 6.00. The number of anilines is 1. The number of aromatic nitrogens is 1. The number of amides is 1. The first-order chi connectivity index (χ1) is 14.1. The predicted molar refractivity (Wildman–Crippen MR) is 133 cm³/mol. The van der Waals surface area contributed by atoms with Crippen LogP contribution in [0.4, 0.5) is 5.13 Å². The molecule has 1 unspecified atom stereocenters. The number of carbonyl (C=O) groups excluding carboxylic acids is 1. The molecule has 2 heterocycles. The van der Waals surface area contributed by atoms with Crippen LogP contribution in [0.3, 0.4) is 0 Å². The van der Waals surface area contributed by atoms with Crippen molar-refractivity contribution < 1.29 is 17.9 Å². The standard InChI is InChI=1S/C18H16N2O4S6/c1-30(22,23)10-4-2-9(3-5-10)11(15(21)20-18-19-6-7-29-18)8-12-13(25)16(27)24-17(28)14(12)26/h2-8,16,25-28H,1H3,(H,19,20,21)/b11-8+. The molecule has 0 radical (unpaired) electrons. The molecule has 0 bridgehead atoms. The van der Waals surface area contributed by atoms with Crippen LogP contribution in [-0.2, 0) is 19.4 Å². The number of hydrogen-bond donors (Lipinski definition) is 5. The van der Waals surface area contributed by atoms with E-state index in [1.807, 2.05) is 0 Å². The Bertz CT molecular complexity index is 1170. The maximum atomic E-state index is 13.1. The van der Waals surface area contributed by atoms with E-state index in [2.05, 4.69) is 60.8 Å². The van der Waals surface area contributed by atoms with Gasteiger partial charge in [0.05, 0.1) is 9.80 Å². The second-order valence-corrected chi connectivity index (χ2v) is 10.8. The Morgan fingerprint density at radius 1 is 1.23 bits per heavy atom. The molecule has 0 saturated carbocycles. The van der Waals surface area contributed by atoms with E-state index in [0.29, 0.717) is 26.1 Å². The van der Waals surface area contributed by atoms with Gasteiger partial charge in [-0.1, -0.05) is 12.1 Å². The van der Waals surface area contributed by atoms with Crippen LogP contribution in [0.5, 0.6) is 0 Å². The smallest absolute Gasteiger partial charge is 0.258 e. The number of carbonyl (C=O) groups is 1. The normalized spacial score (nSPS) is 17.8. The maximum absolute atomic E-state index is 13.1. The fourth-order valence-electron chi connectivity index (χ4n) is 2.48. The Balaban J connectivity index is 2.11. The summed E-state index contributed by atoms with van der Waals surface area (Å²) in [7, 11) is -3.37. The van der Waals surface area contributed by atoms with Crippen molar-refractivity contribution in [2.24, 2.45) is 0 Å². The monoisotopic (exact) mass is 516 g/mol. The van der Waals surface area contributed by atoms with Gasteiger partial charge in [-0.05, 0) is 23.8 Å². The molecule has 3 rings (SSSR count). The van der Waals surface area contributed by atoms with Crippen molar-refractivity contribution in [1.29, 1.82) is 0 Å². The Morgan fingerprint density at radius 3 is 2.47 bits per heavy atom. The van der Waals surface area contributed by atoms with Gasteiger partial charge in [0.25, 0.3) is 5.91 Å². The first kappa shape index (κ1) is 23.4. The number of nitrogens with one attached hydrogen (secondary N) is 1. The summed E-state index contributed by atoms with van der Waals surface area (Å²) in [5.74, 6) is -0.435. The van der Waals surface area contributed by atoms with E-state index < -0.39 is 21.2 Å². The first-order valence-electron chi connectivity index (χ1n) is 8.21. The number of nitrogens with zero attached hydrogens (tertiary/aromatic N) is 1. The molecular weight excluding hydrogens is 501 g/mol. The molecule has 0 spiro atoms. The molecule has 158 valence electrons. The summed E-state index contributed by atoms with van der Waals surface area (Å²) < 4.78 is 29.0. The molecule has 0 fully saturated rings. The number of benzene rings is 1. The third kappa shape index (κ3) is 5.29. The second kappa shape index (κ2) is 9.45. The number of thiol groups is 4. The predicted octanol–water partition coefficient (Wildman–Crippen LogP) is 4.07. The molecule has 1 aliphatic heterocycles. The lowest BCUT2D eigenvalue weighted by Crippen LogP contribution is -2.16. The van der Waals surface area contributed by atoms with Gasteiger partial charge in [0.1, 0.15) is 0 Å². The van der Waals surface area contributed by atoms with E-state index in [-0.39, 0.29) is 15.6 Å². The van der Waals surface area contributed by atoms with Crippen molar-refractivity contribution in [1.82, 2.24) is 4.98 Å². The van der Waals surface area contributed by atoms with Crippen LogP contribution < -0.4 is 5.32 Å². The number of ether oxygens (including phenoxy) is 1. The van der Waals surface area contributed by atoms with Crippen LogP contribution in [0.25, 0.3) is 5.57 Å². The minimum Gasteiger partial charge on any atom is -0.468 e. The Hall–Kier alpha value is -1.31. The van der Waals surface area contributed by atoms with Crippen LogP contribution in [0, 0.1) is 0 Å². The van der Waals surface area contributed by atoms with Gasteiger partial charge in [0.2, 0.25) is 0 Å². The molecule has 30 heavy (non-hydrogen) atoms. The van der Waals surface area contributed by atoms with Gasteiger partial charge in [0, 0.05) is 33.9 Å². The lowest BCUT2D eigenvalue weighted by atomic mass is 10.0. The van der Waals surface area contributed by atoms with Gasteiger partial charge in [-0.15, -0.1) is 61.9 Å². The van der Waals surface area contributed by atoms with Gasteiger partial charge in [-0.3, -0.25) is 10.1 Å². The van der Waals surface area contributed by atoms with Gasteiger partial charge < -0.3 is 4.74 Å². The molecular formula is C18H16N2O4S6. The van der Waals surface area contributed by atoms with Gasteiger partial charge >= 0.3 is 0 Å². The molecule has 0 aliphatic carbocycles. The second-order valence-electron chi connectivity index (χ2n) is 6.07. The van der Waals surface area contributed by atoms with E-state index >= 15 is 0 Å². The number of thiazole rings is 1. The quantitative estimate of drug-likeness (QED) is 0.306. The summed E-state index contributed by atoms with van der Waals surface area (Å²) in [5, 5.41) is 5.14. The molecule has 1 atom stereocenters. The van der Waals surface area contributed by atoms with Crippen molar-refractivity contribution in [2.45, 2.75) is 10.3 Å². The zero-order chi connectivity index (χ0) is 22.1. The van der Waals surface area contributed by atoms with Crippen LogP contribution in [0.1, 0.15) is 5.56 Å². The number of hydrogen-bond acceptors (Lipinski definition) is 10. The van der Waals surface area contributed by atoms with E-state index in [0.717, 1.165) is 6.26 Å². The topological polar surface area (TPSA) is 85.4 Å². The van der Waals surface area contributed by atoms with Crippen molar-refractivity contribution in [3.05, 3.63) is 68.0 Å². The van der Waals surface area contributed by atoms with Crippen LogP contribution in [0.15, 0.2) is 67.3 Å². The summed E-state index contributed by atoms with van der Waals surface area (Å²) in [5.41, 5.74) is 0.587. The van der Waals surface area contributed by atoms with Gasteiger partial charge in [-0.25, -0.2) is 13.4 Å². The SMILES string of the molecule is CS(=O)(=O)c1ccc(/C(=C\C2=C(S)C(S)OC(S)=C2S)C(=O)Nc2nccs2)cc1. The van der Waals surface area contributed by atoms with E-state index in [1.54, 1.807) is 29.8 Å². The Morgan fingerprint density at radius 2 is 1.90 bits per heavy atom. The molecule has 1 N–H and O–H groups in total. The average Bonchev–Trinajstić information content (AvgIpc) is 3.19. The molecule has 12 heteroatoms. The zero-order valence-corrected chi connectivity index (χ0v) is 20.5. The van der Waals surface area contributed by atoms with Crippen molar-refractivity contribution in [2.75, 3.05) is 11.6 Å². The summed E-state index contributed by atoms with van der Waals surface area (Å²) >= 11 is 18.7. The van der Waals surface area contributed by atoms with Crippen LogP contribution >= 0.6 is 61.9 Å². The molecule has 1 aromatic carbocycles. The van der Waals surface area contributed by atoms with E-state index in [9.17, 15) is 13.2 Å². The van der Waals surface area contributed by atoms with Crippen molar-refractivity contribution >= 4 is 88.3 Å². The van der Waals surface area contributed by atoms with Crippen LogP contribution in [0.2, 0.25) is 0 Å². The molecule has 1 amide bonds. The third-order valence-corrected chi connectivity index (χ3v) is 7.78. The maximum Gasteiger partial charge on any atom is 0.258 e. The highest BCUT2D eigenvalue weighted by Crippen LogP contribution is 2.38. The highest BCUT2D eigenvalue weighted by molar-refractivity contribution is 7.90. The molecule has 0 saturated heterocycles. The third-order valence-electron chi connectivity index (χ3n) is 3.97. The number of rotatable bonds is 5. The number of sulfone groups is 1. The van der Waals surface area contributed by atoms with E-state index in [4.69, 9.17) is 4.74 Å². The lowest BCUT2D eigenvalue weighted by Gasteiger charge is -2.24. The molecule has 1 aliphatic rings. The van der Waals surface area contributed by atoms with Crippen molar-refractivity contribution in [3.8, 4) is 0 Å². The van der Waals surface area contributed by atoms with Crippen LogP contribution in [-0.4, -0.2) is 31.0 Å². The highest BCUT2D eigenvalue weighted by atomic mass is 32.2. The zero-order valence-electron chi connectivity index (χ0n) is 15.3. The molecule has 1 aromatic heterocycles. The Labute approximate surface area is 200 Å². The molecule has 2 aromatic rings.